The summed E-state index contributed by atoms with van der Waals surface area (Å²) < 4.78 is 190. The second-order valence-corrected chi connectivity index (χ2v) is 10.7. The minimum Gasteiger partial charge on any atom is -0.309 e. The normalized spacial score (nSPS) is 19.1. The van der Waals surface area contributed by atoms with Gasteiger partial charge in [-0.05, 0) is 85.0 Å². The molecule has 0 amide bonds. The van der Waals surface area contributed by atoms with Crippen LogP contribution in [0.3, 0.4) is 0 Å². The highest BCUT2D eigenvalue weighted by Crippen LogP contribution is 2.39. The highest BCUT2D eigenvalue weighted by atomic mass is 32.1. The molecule has 43 heavy (non-hydrogen) atoms. The standard InChI is InChI=1S/C38H24N4S/c1-23-14-17-30-35(20-23)42-34-13-7-6-12-33(34)41(38(42)39-30)25-16-19-37-29(22-25)28-21-24(15-18-36(28)43-37)40-31-10-4-2-8-26(31)27-9-3-5-11-32(27)40/h2-22H,1H3/i2D,3D,4D,5D,6D,7D,8D,9D,10D,11D,12D,13D,14D,15D,16D,17D,18D,19D,20D,21D,22D. The highest BCUT2D eigenvalue weighted by Gasteiger charge is 2.18. The van der Waals surface area contributed by atoms with Gasteiger partial charge in [0.15, 0.2) is 0 Å². The SMILES string of the molecule is [2H]c1c(C)c([2H])c2c(nc3n(-c4c([2H])c([2H])c5sc6c([2H])c([2H])c(-n7c8c([2H])c([2H])c([2H])c([2H])c8c8c([2H])c([2H])c([2H])c([2H])c87)c([2H])c6c5c4[2H])c4c([2H])c([2H])c([2H])c([2H])c4n23)c1[2H]. The lowest BCUT2D eigenvalue weighted by atomic mass is 10.1. The maximum atomic E-state index is 9.82. The first-order chi connectivity index (χ1) is 30.0. The fourth-order valence-corrected chi connectivity index (χ4v) is 6.43. The van der Waals surface area contributed by atoms with E-state index in [-0.39, 0.29) is 76.4 Å². The molecular formula is C38H24N4S. The number of hydrogen-bond acceptors (Lipinski definition) is 2. The van der Waals surface area contributed by atoms with Crippen LogP contribution in [0.4, 0.5) is 0 Å². The van der Waals surface area contributed by atoms with E-state index < -0.39 is 137 Å². The van der Waals surface area contributed by atoms with Gasteiger partial charge in [-0.25, -0.2) is 4.98 Å². The molecule has 202 valence electrons. The van der Waals surface area contributed by atoms with E-state index in [1.807, 2.05) is 0 Å². The quantitative estimate of drug-likeness (QED) is 0.197. The molecule has 0 saturated carbocycles. The molecule has 4 nitrogen and oxygen atoms in total. The van der Waals surface area contributed by atoms with Crippen LogP contribution in [0.15, 0.2) is 127 Å². The van der Waals surface area contributed by atoms with Gasteiger partial charge in [-0.1, -0.05) is 54.4 Å². The van der Waals surface area contributed by atoms with Crippen LogP contribution in [0.2, 0.25) is 0 Å². The smallest absolute Gasteiger partial charge is 0.220 e. The zero-order valence-corrected chi connectivity index (χ0v) is 22.5. The number of rotatable bonds is 2. The third kappa shape index (κ3) is 3.12. The Morgan fingerprint density at radius 3 is 1.79 bits per heavy atom. The van der Waals surface area contributed by atoms with E-state index in [1.54, 1.807) is 0 Å². The van der Waals surface area contributed by atoms with Crippen LogP contribution in [0.25, 0.3) is 81.2 Å². The van der Waals surface area contributed by atoms with Gasteiger partial charge in [0.05, 0.1) is 61.9 Å². The Morgan fingerprint density at radius 2 is 1.12 bits per heavy atom. The average molecular weight is 590 g/mol. The molecule has 0 saturated heterocycles. The molecule has 0 N–H and O–H groups in total. The van der Waals surface area contributed by atoms with E-state index in [0.717, 1.165) is 9.13 Å². The molecule has 0 unspecified atom stereocenters. The van der Waals surface area contributed by atoms with E-state index in [0.29, 0.717) is 11.3 Å². The number of thiophene rings is 1. The van der Waals surface area contributed by atoms with Crippen molar-refractivity contribution in [2.45, 2.75) is 6.92 Å². The summed E-state index contributed by atoms with van der Waals surface area (Å²) in [6.45, 7) is 1.43. The predicted octanol–water partition coefficient (Wildman–Crippen LogP) is 10.2. The number of aromatic nitrogens is 4. The van der Waals surface area contributed by atoms with Gasteiger partial charge in [0.1, 0.15) is 0 Å². The summed E-state index contributed by atoms with van der Waals surface area (Å²) in [5.41, 5.74) is -2.74. The molecule has 10 aromatic rings. The number of hydrogen-bond donors (Lipinski definition) is 0. The van der Waals surface area contributed by atoms with Gasteiger partial charge in [-0.15, -0.1) is 11.3 Å². The van der Waals surface area contributed by atoms with Crippen LogP contribution >= 0.6 is 11.3 Å². The Labute approximate surface area is 279 Å². The second kappa shape index (κ2) is 8.34. The molecule has 0 aliphatic carbocycles. The molecule has 0 bridgehead atoms. The molecular weight excluding hydrogens is 545 g/mol. The Bertz CT molecular complexity index is 3860. The number of para-hydroxylation sites is 4. The molecule has 4 heterocycles. The molecule has 10 rings (SSSR count). The van der Waals surface area contributed by atoms with E-state index in [4.69, 9.17) is 20.6 Å². The van der Waals surface area contributed by atoms with Crippen molar-refractivity contribution in [2.75, 3.05) is 0 Å². The molecule has 0 aliphatic rings. The minimum atomic E-state index is -0.762. The Kier molecular flexibility index (Phi) is 2.14. The van der Waals surface area contributed by atoms with Crippen molar-refractivity contribution in [1.29, 1.82) is 0 Å². The van der Waals surface area contributed by atoms with E-state index in [2.05, 4.69) is 4.98 Å². The molecule has 0 atom stereocenters. The summed E-state index contributed by atoms with van der Waals surface area (Å²) >= 11 is 0.709. The Hall–Kier alpha value is -5.39. The summed E-state index contributed by atoms with van der Waals surface area (Å²) in [5.74, 6) is -0.306. The van der Waals surface area contributed by atoms with Crippen molar-refractivity contribution < 1.29 is 28.8 Å². The molecule has 5 heteroatoms. The third-order valence-corrected chi connectivity index (χ3v) is 8.31. The van der Waals surface area contributed by atoms with Gasteiger partial charge in [0.2, 0.25) is 5.78 Å². The molecule has 6 aromatic carbocycles. The first-order valence-corrected chi connectivity index (χ1v) is 13.7. The molecule has 0 radical (unpaired) electrons. The lowest BCUT2D eigenvalue weighted by molar-refractivity contribution is 1.11. The number of fused-ring (bicyclic) bond motifs is 11. The fraction of sp³-hybridized carbons (Fsp3) is 0.0263. The third-order valence-electron chi connectivity index (χ3n) is 7.29. The molecule has 0 aliphatic heterocycles. The first kappa shape index (κ1) is 11.0. The van der Waals surface area contributed by atoms with Gasteiger partial charge in [0, 0.05) is 42.3 Å². The predicted molar refractivity (Wildman–Crippen MR) is 181 cm³/mol. The number of benzene rings is 6. The monoisotopic (exact) mass is 589 g/mol. The van der Waals surface area contributed by atoms with Crippen LogP contribution in [0.1, 0.15) is 34.3 Å². The van der Waals surface area contributed by atoms with Crippen LogP contribution in [-0.2, 0) is 0 Å². The second-order valence-electron chi connectivity index (χ2n) is 9.72. The van der Waals surface area contributed by atoms with E-state index in [1.165, 1.54) is 11.3 Å². The van der Waals surface area contributed by atoms with Crippen molar-refractivity contribution in [3.63, 3.8) is 0 Å². The highest BCUT2D eigenvalue weighted by molar-refractivity contribution is 7.25. The summed E-state index contributed by atoms with van der Waals surface area (Å²) in [5, 5.41) is -1.19. The van der Waals surface area contributed by atoms with Gasteiger partial charge in [0.25, 0.3) is 0 Å². The lowest BCUT2D eigenvalue weighted by Crippen LogP contribution is -1.95. The maximum Gasteiger partial charge on any atom is 0.220 e. The summed E-state index contributed by atoms with van der Waals surface area (Å²) in [6.07, 6.45) is 0. The van der Waals surface area contributed by atoms with Crippen LogP contribution in [-0.4, -0.2) is 18.5 Å². The summed E-state index contributed by atoms with van der Waals surface area (Å²) in [4.78, 5) is 4.55. The molecule has 4 aromatic heterocycles. The minimum absolute atomic E-state index is 0.0659. The van der Waals surface area contributed by atoms with E-state index >= 15 is 0 Å². The number of nitrogens with zero attached hydrogens (tertiary/aromatic N) is 4. The van der Waals surface area contributed by atoms with E-state index in [9.17, 15) is 8.22 Å². The number of imidazole rings is 2. The van der Waals surface area contributed by atoms with Gasteiger partial charge >= 0.3 is 0 Å². The Balaban J connectivity index is 1.44. The fourth-order valence-electron chi connectivity index (χ4n) is 5.51. The van der Waals surface area contributed by atoms with Gasteiger partial charge < -0.3 is 4.57 Å². The van der Waals surface area contributed by atoms with Crippen molar-refractivity contribution >= 4 is 81.2 Å². The first-order valence-electron chi connectivity index (χ1n) is 23.4. The van der Waals surface area contributed by atoms with Crippen molar-refractivity contribution in [2.24, 2.45) is 0 Å². The lowest BCUT2D eigenvalue weighted by Gasteiger charge is -2.09. The van der Waals surface area contributed by atoms with Crippen LogP contribution < -0.4 is 0 Å². The van der Waals surface area contributed by atoms with Crippen LogP contribution in [0.5, 0.6) is 0 Å². The largest absolute Gasteiger partial charge is 0.309 e. The summed E-state index contributed by atoms with van der Waals surface area (Å²) in [7, 11) is 0. The van der Waals surface area contributed by atoms with Gasteiger partial charge in [-0.2, -0.15) is 0 Å². The van der Waals surface area contributed by atoms with Crippen molar-refractivity contribution in [1.82, 2.24) is 18.5 Å². The summed E-state index contributed by atoms with van der Waals surface area (Å²) in [6, 6.07) is -13.3. The maximum absolute atomic E-state index is 9.82. The zero-order chi connectivity index (χ0) is 46.5. The van der Waals surface area contributed by atoms with Gasteiger partial charge in [-0.3, -0.25) is 8.97 Å². The van der Waals surface area contributed by atoms with Crippen LogP contribution in [0, 0.1) is 6.92 Å². The van der Waals surface area contributed by atoms with Crippen molar-refractivity contribution in [3.05, 3.63) is 132 Å². The topological polar surface area (TPSA) is 27.2 Å². The van der Waals surface area contributed by atoms with Crippen molar-refractivity contribution in [3.8, 4) is 11.4 Å². The molecule has 0 fully saturated rings. The zero-order valence-electron chi connectivity index (χ0n) is 42.7. The molecule has 0 spiro atoms. The average Bonchev–Trinajstić information content (AvgIpc) is 4.03. The Morgan fingerprint density at radius 1 is 0.535 bits per heavy atom.